The van der Waals surface area contributed by atoms with Crippen molar-refractivity contribution in [2.45, 2.75) is 24.5 Å². The molecule has 0 radical (unpaired) electrons. The quantitative estimate of drug-likeness (QED) is 0.264. The summed E-state index contributed by atoms with van der Waals surface area (Å²) in [7, 11) is -4.00. The van der Waals surface area contributed by atoms with E-state index in [0.717, 1.165) is 0 Å². The van der Waals surface area contributed by atoms with Crippen LogP contribution in [0.2, 0.25) is 0 Å². The van der Waals surface area contributed by atoms with Crippen molar-refractivity contribution >= 4 is 32.8 Å². The van der Waals surface area contributed by atoms with Gasteiger partial charge in [0, 0.05) is 16.0 Å². The molecule has 0 atom stereocenters. The predicted octanol–water partition coefficient (Wildman–Crippen LogP) is 6.09. The molecule has 0 aromatic heterocycles. The normalized spacial score (nSPS) is 10.9. The van der Waals surface area contributed by atoms with Crippen molar-refractivity contribution in [2.24, 2.45) is 0 Å². The van der Waals surface area contributed by atoms with Crippen LogP contribution in [0.4, 0.5) is 0 Å². The molecule has 0 amide bonds. The summed E-state index contributed by atoms with van der Waals surface area (Å²) in [5, 5.41) is 0. The molecular weight excluding hydrogens is 444 g/mol. The van der Waals surface area contributed by atoms with Gasteiger partial charge >= 0.3 is 0 Å². The number of benzene rings is 4. The molecule has 6 heteroatoms. The van der Waals surface area contributed by atoms with Gasteiger partial charge in [0.25, 0.3) is 0 Å². The molecular formula is C25H22O3S3. The molecule has 0 saturated carbocycles. The van der Waals surface area contributed by atoms with Crippen LogP contribution in [0.5, 0.6) is 0 Å². The fraction of sp³-hybridized carbons (Fsp3) is 0.0400. The third-order valence-electron chi connectivity index (χ3n) is 4.00. The molecule has 0 aliphatic rings. The maximum absolute atomic E-state index is 9.08. The van der Waals surface area contributed by atoms with Crippen molar-refractivity contribution in [1.29, 1.82) is 0 Å². The van der Waals surface area contributed by atoms with Crippen molar-refractivity contribution < 1.29 is 13.0 Å². The van der Waals surface area contributed by atoms with Gasteiger partial charge in [0.2, 0.25) is 0 Å². The Kier molecular flexibility index (Phi) is 8.37. The smallest absolute Gasteiger partial charge is 0.166 e. The average Bonchev–Trinajstić information content (AvgIpc) is 2.76. The number of hydrogen-bond acceptors (Lipinski definition) is 4. The predicted molar refractivity (Wildman–Crippen MR) is 128 cm³/mol. The summed E-state index contributed by atoms with van der Waals surface area (Å²) in [6, 6.07) is 41.1. The highest BCUT2D eigenvalue weighted by Crippen LogP contribution is 2.33. The lowest BCUT2D eigenvalue weighted by atomic mass is 10.3. The second-order valence-electron chi connectivity index (χ2n) is 6.52. The van der Waals surface area contributed by atoms with Gasteiger partial charge in [-0.1, -0.05) is 66.4 Å². The molecule has 0 fully saturated rings. The van der Waals surface area contributed by atoms with Crippen LogP contribution in [0.3, 0.4) is 0 Å². The fourth-order valence-electron chi connectivity index (χ4n) is 2.79. The Hall–Kier alpha value is -2.51. The summed E-state index contributed by atoms with van der Waals surface area (Å²) in [6.45, 7) is 0. The highest BCUT2D eigenvalue weighted by atomic mass is 32.2. The lowest BCUT2D eigenvalue weighted by Gasteiger charge is -2.08. The Bertz CT molecular complexity index is 1120. The first-order chi connectivity index (χ1) is 14.9. The van der Waals surface area contributed by atoms with Crippen LogP contribution in [-0.4, -0.2) is 19.2 Å². The third kappa shape index (κ3) is 7.92. The molecule has 31 heavy (non-hydrogen) atoms. The van der Waals surface area contributed by atoms with Gasteiger partial charge in [0.05, 0.1) is 21.0 Å². The van der Waals surface area contributed by atoms with E-state index in [-0.39, 0.29) is 10.9 Å². The first kappa shape index (κ1) is 23.2. The largest absolute Gasteiger partial charge is 0.748 e. The average molecular weight is 467 g/mol. The van der Waals surface area contributed by atoms with Crippen molar-refractivity contribution in [3.8, 4) is 0 Å². The van der Waals surface area contributed by atoms with Crippen molar-refractivity contribution in [3.05, 3.63) is 115 Å². The molecule has 4 rings (SSSR count). The van der Waals surface area contributed by atoms with Crippen LogP contribution in [0.15, 0.2) is 140 Å². The molecule has 3 nitrogen and oxygen atoms in total. The Morgan fingerprint density at radius 3 is 1.32 bits per heavy atom. The van der Waals surface area contributed by atoms with Crippen LogP contribution < -0.4 is 0 Å². The number of hydrogen-bond donors (Lipinski definition) is 0. The van der Waals surface area contributed by atoms with E-state index in [0.29, 0.717) is 6.26 Å². The second kappa shape index (κ2) is 11.2. The molecule has 0 N–H and O–H groups in total. The molecule has 0 bridgehead atoms. The maximum Gasteiger partial charge on any atom is 0.166 e. The van der Waals surface area contributed by atoms with Gasteiger partial charge in [-0.3, -0.25) is 0 Å². The van der Waals surface area contributed by atoms with E-state index in [1.54, 1.807) is 11.8 Å². The SMILES string of the molecule is CS(=O)(=O)[O-].c1ccc(Sc2ccc([S+](c3ccccc3)c3ccccc3)cc2)cc1. The molecule has 0 unspecified atom stereocenters. The van der Waals surface area contributed by atoms with Gasteiger partial charge in [-0.25, -0.2) is 8.42 Å². The van der Waals surface area contributed by atoms with Crippen LogP contribution in [0.1, 0.15) is 0 Å². The minimum atomic E-state index is -3.92. The van der Waals surface area contributed by atoms with Crippen LogP contribution >= 0.6 is 11.8 Å². The molecule has 0 saturated heterocycles. The molecule has 4 aromatic rings. The Labute approximate surface area is 191 Å². The molecule has 0 spiro atoms. The van der Waals surface area contributed by atoms with Gasteiger partial charge in [-0.15, -0.1) is 0 Å². The van der Waals surface area contributed by atoms with Gasteiger partial charge in [0.1, 0.15) is 0 Å². The molecule has 0 aliphatic carbocycles. The second-order valence-corrected chi connectivity index (χ2v) is 11.1. The summed E-state index contributed by atoms with van der Waals surface area (Å²) in [5.41, 5.74) is 0. The zero-order valence-electron chi connectivity index (χ0n) is 16.9. The highest BCUT2D eigenvalue weighted by Gasteiger charge is 2.27. The summed E-state index contributed by atoms with van der Waals surface area (Å²) in [4.78, 5) is 6.58. The Morgan fingerprint density at radius 1 is 0.581 bits per heavy atom. The van der Waals surface area contributed by atoms with E-state index < -0.39 is 10.1 Å². The van der Waals surface area contributed by atoms with Gasteiger partial charge < -0.3 is 4.55 Å². The Morgan fingerprint density at radius 2 is 0.903 bits per heavy atom. The number of rotatable bonds is 5. The maximum atomic E-state index is 9.08. The zero-order valence-corrected chi connectivity index (χ0v) is 19.4. The van der Waals surface area contributed by atoms with Gasteiger partial charge in [-0.2, -0.15) is 0 Å². The van der Waals surface area contributed by atoms with Gasteiger partial charge in [0.15, 0.2) is 14.7 Å². The summed E-state index contributed by atoms with van der Waals surface area (Å²) in [5.74, 6) is 0. The third-order valence-corrected chi connectivity index (χ3v) is 7.24. The van der Waals surface area contributed by atoms with E-state index in [2.05, 4.69) is 115 Å². The minimum Gasteiger partial charge on any atom is -0.748 e. The molecule has 0 heterocycles. The van der Waals surface area contributed by atoms with Crippen LogP contribution in [0.25, 0.3) is 0 Å². The van der Waals surface area contributed by atoms with Crippen LogP contribution in [-0.2, 0) is 21.0 Å². The van der Waals surface area contributed by atoms with Crippen LogP contribution in [0, 0.1) is 0 Å². The van der Waals surface area contributed by atoms with Crippen molar-refractivity contribution in [3.63, 3.8) is 0 Å². The fourth-order valence-corrected chi connectivity index (χ4v) is 5.71. The lowest BCUT2D eigenvalue weighted by molar-refractivity contribution is 0.470. The first-order valence-corrected chi connectivity index (χ1v) is 13.3. The van der Waals surface area contributed by atoms with E-state index >= 15 is 0 Å². The van der Waals surface area contributed by atoms with E-state index in [9.17, 15) is 0 Å². The molecule has 158 valence electrons. The van der Waals surface area contributed by atoms with Gasteiger partial charge in [-0.05, 0) is 60.7 Å². The summed E-state index contributed by atoms with van der Waals surface area (Å²) < 4.78 is 27.2. The van der Waals surface area contributed by atoms with Crippen molar-refractivity contribution in [1.82, 2.24) is 0 Å². The lowest BCUT2D eigenvalue weighted by Crippen LogP contribution is -2.04. The molecule has 4 aromatic carbocycles. The Balaban J connectivity index is 0.000000491. The molecule has 0 aliphatic heterocycles. The topological polar surface area (TPSA) is 57.2 Å². The first-order valence-electron chi connectivity index (χ1n) is 9.48. The standard InChI is InChI=1S/C24H19S2.CH4O3S/c1-4-10-20(11-5-1)25-21-16-18-24(19-17-21)26(22-12-6-2-7-13-22)23-14-8-3-9-15-23;1-5(2,3)4/h1-19H;1H3,(H,2,3,4)/q+1;/p-1. The zero-order chi connectivity index (χ0) is 22.1. The highest BCUT2D eigenvalue weighted by molar-refractivity contribution is 7.99. The van der Waals surface area contributed by atoms with E-state index in [1.807, 2.05) is 0 Å². The van der Waals surface area contributed by atoms with E-state index in [1.165, 1.54) is 24.5 Å². The minimum absolute atomic E-state index is 0.0786. The van der Waals surface area contributed by atoms with E-state index in [4.69, 9.17) is 13.0 Å². The summed E-state index contributed by atoms with van der Waals surface area (Å²) >= 11 is 1.80. The monoisotopic (exact) mass is 466 g/mol. The van der Waals surface area contributed by atoms with Crippen molar-refractivity contribution in [2.75, 3.05) is 6.26 Å². The summed E-state index contributed by atoms with van der Waals surface area (Å²) in [6.07, 6.45) is 0.604.